The van der Waals surface area contributed by atoms with Gasteiger partial charge in [-0.15, -0.1) is 0 Å². The minimum absolute atomic E-state index is 0.310. The lowest BCUT2D eigenvalue weighted by atomic mass is 9.99. The molecule has 0 aromatic heterocycles. The average Bonchev–Trinajstić information content (AvgIpc) is 2.27. The van der Waals surface area contributed by atoms with Crippen LogP contribution >= 0.6 is 0 Å². The summed E-state index contributed by atoms with van der Waals surface area (Å²) in [5, 5.41) is 3.23. The molecule has 3 heteroatoms. The van der Waals surface area contributed by atoms with Crippen molar-refractivity contribution in [2.24, 2.45) is 0 Å². The van der Waals surface area contributed by atoms with Gasteiger partial charge < -0.3 is 14.8 Å². The Morgan fingerprint density at radius 2 is 2.36 bits per heavy atom. The number of rotatable bonds is 2. The fourth-order valence-corrected chi connectivity index (χ4v) is 1.79. The van der Waals surface area contributed by atoms with Crippen LogP contribution in [0.15, 0.2) is 18.2 Å². The Bertz CT molecular complexity index is 325. The van der Waals surface area contributed by atoms with Crippen molar-refractivity contribution in [3.8, 4) is 5.75 Å². The Balaban J connectivity index is 2.35. The van der Waals surface area contributed by atoms with Crippen molar-refractivity contribution >= 4 is 0 Å². The van der Waals surface area contributed by atoms with Crippen LogP contribution in [-0.2, 0) is 11.3 Å². The molecule has 1 N–H and O–H groups in total. The standard InChI is InChI=1S/C11H15NO2/c1-12-11-7-14-6-8-5-9(13-2)3-4-10(8)11/h3-5,11-12H,6-7H2,1-2H3/t11-/m0/s1. The number of nitrogens with one attached hydrogen (secondary N) is 1. The van der Waals surface area contributed by atoms with Gasteiger partial charge in [-0.1, -0.05) is 6.07 Å². The second-order valence-electron chi connectivity index (χ2n) is 3.42. The summed E-state index contributed by atoms with van der Waals surface area (Å²) < 4.78 is 10.7. The normalized spacial score (nSPS) is 20.3. The average molecular weight is 193 g/mol. The van der Waals surface area contributed by atoms with E-state index in [2.05, 4.69) is 11.4 Å². The quantitative estimate of drug-likeness (QED) is 0.771. The zero-order valence-corrected chi connectivity index (χ0v) is 8.54. The van der Waals surface area contributed by atoms with Crippen molar-refractivity contribution < 1.29 is 9.47 Å². The van der Waals surface area contributed by atoms with Gasteiger partial charge in [0.05, 0.1) is 26.4 Å². The van der Waals surface area contributed by atoms with E-state index in [0.717, 1.165) is 12.4 Å². The molecule has 0 aliphatic carbocycles. The van der Waals surface area contributed by atoms with Crippen molar-refractivity contribution in [2.45, 2.75) is 12.6 Å². The number of ether oxygens (including phenoxy) is 2. The van der Waals surface area contributed by atoms with Crippen LogP contribution in [0.5, 0.6) is 5.75 Å². The molecule has 0 fully saturated rings. The van der Waals surface area contributed by atoms with Crippen LogP contribution in [-0.4, -0.2) is 20.8 Å². The molecular weight excluding hydrogens is 178 g/mol. The zero-order valence-electron chi connectivity index (χ0n) is 8.54. The SMILES string of the molecule is CN[C@H]1COCc2cc(OC)ccc21. The molecule has 0 unspecified atom stereocenters. The summed E-state index contributed by atoms with van der Waals surface area (Å²) in [6, 6.07) is 6.45. The second kappa shape index (κ2) is 3.98. The van der Waals surface area contributed by atoms with Gasteiger partial charge in [-0.3, -0.25) is 0 Å². The van der Waals surface area contributed by atoms with E-state index in [1.54, 1.807) is 7.11 Å². The number of likely N-dealkylation sites (N-methyl/N-ethyl adjacent to an activating group) is 1. The lowest BCUT2D eigenvalue weighted by molar-refractivity contribution is 0.0842. The van der Waals surface area contributed by atoms with Gasteiger partial charge in [0, 0.05) is 0 Å². The maximum Gasteiger partial charge on any atom is 0.119 e. The van der Waals surface area contributed by atoms with Crippen molar-refractivity contribution in [1.82, 2.24) is 5.32 Å². The predicted octanol–water partition coefficient (Wildman–Crippen LogP) is 1.49. The first kappa shape index (κ1) is 9.49. The first-order chi connectivity index (χ1) is 6.85. The van der Waals surface area contributed by atoms with Crippen LogP contribution in [0.3, 0.4) is 0 Å². The van der Waals surface area contributed by atoms with Crippen molar-refractivity contribution in [3.63, 3.8) is 0 Å². The van der Waals surface area contributed by atoms with Gasteiger partial charge in [0.2, 0.25) is 0 Å². The van der Waals surface area contributed by atoms with Gasteiger partial charge in [0.15, 0.2) is 0 Å². The fraction of sp³-hybridized carbons (Fsp3) is 0.455. The highest BCUT2D eigenvalue weighted by Gasteiger charge is 2.19. The first-order valence-corrected chi connectivity index (χ1v) is 4.77. The van der Waals surface area contributed by atoms with Crippen molar-refractivity contribution in [3.05, 3.63) is 29.3 Å². The summed E-state index contributed by atoms with van der Waals surface area (Å²) in [4.78, 5) is 0. The van der Waals surface area contributed by atoms with E-state index >= 15 is 0 Å². The Morgan fingerprint density at radius 3 is 3.07 bits per heavy atom. The molecule has 1 aliphatic rings. The monoisotopic (exact) mass is 193 g/mol. The molecule has 0 amide bonds. The van der Waals surface area contributed by atoms with Gasteiger partial charge in [-0.2, -0.15) is 0 Å². The highest BCUT2D eigenvalue weighted by molar-refractivity contribution is 5.38. The summed E-state index contributed by atoms with van der Waals surface area (Å²) in [7, 11) is 3.63. The van der Waals surface area contributed by atoms with E-state index in [-0.39, 0.29) is 0 Å². The zero-order chi connectivity index (χ0) is 9.97. The fourth-order valence-electron chi connectivity index (χ4n) is 1.79. The molecule has 0 saturated heterocycles. The van der Waals surface area contributed by atoms with Crippen molar-refractivity contribution in [1.29, 1.82) is 0 Å². The van der Waals surface area contributed by atoms with Crippen LogP contribution in [0.4, 0.5) is 0 Å². The van der Waals surface area contributed by atoms with Gasteiger partial charge >= 0.3 is 0 Å². The summed E-state index contributed by atoms with van der Waals surface area (Å²) in [5.41, 5.74) is 2.54. The summed E-state index contributed by atoms with van der Waals surface area (Å²) >= 11 is 0. The maximum atomic E-state index is 5.48. The molecule has 1 aliphatic heterocycles. The highest BCUT2D eigenvalue weighted by atomic mass is 16.5. The molecule has 76 valence electrons. The Hall–Kier alpha value is -1.06. The second-order valence-corrected chi connectivity index (χ2v) is 3.42. The molecule has 1 atom stereocenters. The smallest absolute Gasteiger partial charge is 0.119 e. The first-order valence-electron chi connectivity index (χ1n) is 4.77. The number of hydrogen-bond donors (Lipinski definition) is 1. The molecular formula is C11H15NO2. The van der Waals surface area contributed by atoms with Crippen LogP contribution in [0, 0.1) is 0 Å². The summed E-state index contributed by atoms with van der Waals surface area (Å²) in [6.45, 7) is 1.43. The number of fused-ring (bicyclic) bond motifs is 1. The molecule has 1 aromatic rings. The Kier molecular flexibility index (Phi) is 2.70. The minimum atomic E-state index is 0.310. The van der Waals surface area contributed by atoms with Crippen molar-refractivity contribution in [2.75, 3.05) is 20.8 Å². The van der Waals surface area contributed by atoms with E-state index in [4.69, 9.17) is 9.47 Å². The molecule has 3 nitrogen and oxygen atoms in total. The van der Waals surface area contributed by atoms with Crippen LogP contribution < -0.4 is 10.1 Å². The third-order valence-electron chi connectivity index (χ3n) is 2.62. The lowest BCUT2D eigenvalue weighted by Gasteiger charge is -2.25. The number of hydrogen-bond acceptors (Lipinski definition) is 3. The van der Waals surface area contributed by atoms with Gasteiger partial charge in [0.25, 0.3) is 0 Å². The maximum absolute atomic E-state index is 5.48. The van der Waals surface area contributed by atoms with Gasteiger partial charge in [-0.25, -0.2) is 0 Å². The molecule has 1 heterocycles. The molecule has 0 bridgehead atoms. The van der Waals surface area contributed by atoms with E-state index in [1.807, 2.05) is 19.2 Å². The van der Waals surface area contributed by atoms with Crippen LogP contribution in [0.25, 0.3) is 0 Å². The third kappa shape index (κ3) is 1.61. The molecule has 1 aromatic carbocycles. The Morgan fingerprint density at radius 1 is 1.50 bits per heavy atom. The Labute approximate surface area is 84.0 Å². The minimum Gasteiger partial charge on any atom is -0.497 e. The summed E-state index contributed by atoms with van der Waals surface area (Å²) in [5.74, 6) is 0.893. The highest BCUT2D eigenvalue weighted by Crippen LogP contribution is 2.27. The topological polar surface area (TPSA) is 30.5 Å². The van der Waals surface area contributed by atoms with Crippen LogP contribution in [0.1, 0.15) is 17.2 Å². The lowest BCUT2D eigenvalue weighted by Crippen LogP contribution is -2.26. The van der Waals surface area contributed by atoms with E-state index < -0.39 is 0 Å². The molecule has 0 radical (unpaired) electrons. The largest absolute Gasteiger partial charge is 0.497 e. The number of methoxy groups -OCH3 is 1. The van der Waals surface area contributed by atoms with E-state index in [0.29, 0.717) is 12.6 Å². The van der Waals surface area contributed by atoms with Crippen LogP contribution in [0.2, 0.25) is 0 Å². The molecule has 0 spiro atoms. The third-order valence-corrected chi connectivity index (χ3v) is 2.62. The molecule has 14 heavy (non-hydrogen) atoms. The van der Waals surface area contributed by atoms with Gasteiger partial charge in [-0.05, 0) is 30.3 Å². The van der Waals surface area contributed by atoms with E-state index in [1.165, 1.54) is 11.1 Å². The summed E-state index contributed by atoms with van der Waals surface area (Å²) in [6.07, 6.45) is 0. The molecule has 2 rings (SSSR count). The number of benzene rings is 1. The predicted molar refractivity (Wildman–Crippen MR) is 54.5 cm³/mol. The molecule has 0 saturated carbocycles. The van der Waals surface area contributed by atoms with E-state index in [9.17, 15) is 0 Å². The van der Waals surface area contributed by atoms with Gasteiger partial charge in [0.1, 0.15) is 5.75 Å².